The van der Waals surface area contributed by atoms with Crippen LogP contribution in [0.4, 0.5) is 0 Å². The minimum Gasteiger partial charge on any atom is -0.263 e. The summed E-state index contributed by atoms with van der Waals surface area (Å²) >= 11 is 0.757. The molecule has 0 aliphatic heterocycles. The molecule has 1 rings (SSSR count). The van der Waals surface area contributed by atoms with Gasteiger partial charge < -0.3 is 0 Å². The molecule has 0 amide bonds. The first-order valence-electron chi connectivity index (χ1n) is 4.90. The normalized spacial score (nSPS) is 11.6. The van der Waals surface area contributed by atoms with Crippen molar-refractivity contribution in [3.05, 3.63) is 35.9 Å². The number of aryl methyl sites for hydroxylation is 1. The summed E-state index contributed by atoms with van der Waals surface area (Å²) in [6, 6.07) is 10.1. The predicted octanol–water partition coefficient (Wildman–Crippen LogP) is 2.48. The second kappa shape index (κ2) is 6.90. The van der Waals surface area contributed by atoms with Crippen molar-refractivity contribution in [2.45, 2.75) is 19.3 Å². The monoisotopic (exact) mass is 262 g/mol. The van der Waals surface area contributed by atoms with Gasteiger partial charge in [0.1, 0.15) is 0 Å². The highest BCUT2D eigenvalue weighted by Gasteiger charge is 2.04. The van der Waals surface area contributed by atoms with Crippen LogP contribution in [0.15, 0.2) is 30.3 Å². The van der Waals surface area contributed by atoms with E-state index in [1.54, 1.807) is 0 Å². The van der Waals surface area contributed by atoms with E-state index in [0.717, 1.165) is 31.3 Å². The zero-order chi connectivity index (χ0) is 11.9. The van der Waals surface area contributed by atoms with Gasteiger partial charge in [-0.05, 0) is 24.8 Å². The molecule has 0 heterocycles. The molecule has 0 radical (unpaired) electrons. The van der Waals surface area contributed by atoms with E-state index in [-0.39, 0.29) is 0 Å². The maximum absolute atomic E-state index is 10.2. The molecule has 0 saturated heterocycles. The van der Waals surface area contributed by atoms with E-state index in [9.17, 15) is 8.42 Å². The zero-order valence-electron chi connectivity index (χ0n) is 8.70. The molecule has 0 spiro atoms. The summed E-state index contributed by atoms with van der Waals surface area (Å²) in [6.45, 7) is 0. The van der Waals surface area contributed by atoms with Gasteiger partial charge in [0, 0.05) is 17.8 Å². The van der Waals surface area contributed by atoms with E-state index < -0.39 is 10.4 Å². The molecule has 6 heteroatoms. The summed E-state index contributed by atoms with van der Waals surface area (Å²) in [5.74, 6) is 0.548. The first-order chi connectivity index (χ1) is 7.58. The molecule has 0 aliphatic rings. The fourth-order valence-corrected chi connectivity index (χ4v) is 2.31. The minimum absolute atomic E-state index is 0.548. The lowest BCUT2D eigenvalue weighted by atomic mass is 10.1. The molecule has 0 atom stereocenters. The topological polar surface area (TPSA) is 63.6 Å². The highest BCUT2D eigenvalue weighted by atomic mass is 32.3. The summed E-state index contributed by atoms with van der Waals surface area (Å²) in [6.07, 6.45) is 2.77. The Hall–Kier alpha value is -0.560. The van der Waals surface area contributed by atoms with Gasteiger partial charge in [0.15, 0.2) is 0 Å². The standard InChI is InChI=1S/C10H14O4S2/c11-16(12,13)14-15-9-5-4-8-10-6-2-1-3-7-10/h1-3,6-7H,4-5,8-9H2,(H,11,12,13). The first kappa shape index (κ1) is 13.5. The Morgan fingerprint density at radius 1 is 1.19 bits per heavy atom. The van der Waals surface area contributed by atoms with Crippen LogP contribution in [0, 0.1) is 0 Å². The van der Waals surface area contributed by atoms with Crippen molar-refractivity contribution >= 4 is 22.4 Å². The van der Waals surface area contributed by atoms with Crippen LogP contribution in [0.1, 0.15) is 18.4 Å². The Morgan fingerprint density at radius 3 is 2.50 bits per heavy atom. The van der Waals surface area contributed by atoms with Crippen LogP contribution in [0.3, 0.4) is 0 Å². The molecule has 90 valence electrons. The van der Waals surface area contributed by atoms with Gasteiger partial charge in [0.25, 0.3) is 0 Å². The van der Waals surface area contributed by atoms with Crippen molar-refractivity contribution in [1.82, 2.24) is 0 Å². The Bertz CT molecular complexity index is 389. The Balaban J connectivity index is 2.05. The maximum Gasteiger partial charge on any atom is 0.408 e. The molecule has 1 aromatic rings. The lowest BCUT2D eigenvalue weighted by molar-refractivity contribution is 0.407. The second-order valence-electron chi connectivity index (χ2n) is 3.26. The van der Waals surface area contributed by atoms with Crippen LogP contribution >= 0.6 is 12.0 Å². The van der Waals surface area contributed by atoms with Gasteiger partial charge in [-0.2, -0.15) is 12.0 Å². The van der Waals surface area contributed by atoms with Gasteiger partial charge in [0.2, 0.25) is 0 Å². The van der Waals surface area contributed by atoms with Crippen molar-refractivity contribution in [1.29, 1.82) is 0 Å². The van der Waals surface area contributed by atoms with Crippen LogP contribution < -0.4 is 0 Å². The number of benzene rings is 1. The Kier molecular flexibility index (Phi) is 5.83. The number of rotatable bonds is 7. The number of unbranched alkanes of at least 4 members (excludes halogenated alkanes) is 1. The van der Waals surface area contributed by atoms with E-state index in [0.29, 0.717) is 5.75 Å². The summed E-state index contributed by atoms with van der Waals surface area (Å²) < 4.78 is 32.8. The molecule has 0 aliphatic carbocycles. The molecule has 0 saturated carbocycles. The summed E-state index contributed by atoms with van der Waals surface area (Å²) in [4.78, 5) is 0. The fourth-order valence-electron chi connectivity index (χ4n) is 1.23. The van der Waals surface area contributed by atoms with Crippen LogP contribution in [0.2, 0.25) is 0 Å². The van der Waals surface area contributed by atoms with E-state index in [4.69, 9.17) is 4.55 Å². The predicted molar refractivity (Wildman–Crippen MR) is 64.5 cm³/mol. The summed E-state index contributed by atoms with van der Waals surface area (Å²) in [7, 11) is -4.30. The van der Waals surface area contributed by atoms with Crippen LogP contribution in [0.5, 0.6) is 0 Å². The average Bonchev–Trinajstić information content (AvgIpc) is 2.23. The van der Waals surface area contributed by atoms with Gasteiger partial charge in [-0.3, -0.25) is 4.55 Å². The molecule has 0 fully saturated rings. The smallest absolute Gasteiger partial charge is 0.263 e. The zero-order valence-corrected chi connectivity index (χ0v) is 10.3. The molecule has 1 N–H and O–H groups in total. The largest absolute Gasteiger partial charge is 0.408 e. The van der Waals surface area contributed by atoms with Gasteiger partial charge in [-0.15, -0.1) is 0 Å². The van der Waals surface area contributed by atoms with Gasteiger partial charge in [-0.1, -0.05) is 30.3 Å². The third-order valence-electron chi connectivity index (χ3n) is 1.92. The van der Waals surface area contributed by atoms with Gasteiger partial charge in [0.05, 0.1) is 0 Å². The van der Waals surface area contributed by atoms with Crippen molar-refractivity contribution in [3.8, 4) is 0 Å². The fraction of sp³-hybridized carbons (Fsp3) is 0.400. The van der Waals surface area contributed by atoms with Gasteiger partial charge >= 0.3 is 10.4 Å². The Labute approximate surface area is 100 Å². The molecule has 0 bridgehead atoms. The van der Waals surface area contributed by atoms with E-state index >= 15 is 0 Å². The quantitative estimate of drug-likeness (QED) is 0.464. The highest BCUT2D eigenvalue weighted by molar-refractivity contribution is 8.02. The van der Waals surface area contributed by atoms with E-state index in [1.807, 2.05) is 18.2 Å². The third-order valence-corrected chi connectivity index (χ3v) is 3.45. The minimum atomic E-state index is -4.30. The molecular formula is C10H14O4S2. The van der Waals surface area contributed by atoms with E-state index in [1.165, 1.54) is 5.56 Å². The van der Waals surface area contributed by atoms with Crippen molar-refractivity contribution in [2.75, 3.05) is 5.75 Å². The van der Waals surface area contributed by atoms with Crippen molar-refractivity contribution in [3.63, 3.8) is 0 Å². The lowest BCUT2D eigenvalue weighted by Crippen LogP contribution is -1.97. The second-order valence-corrected chi connectivity index (χ2v) is 5.30. The SMILES string of the molecule is O=S(=O)(O)OSCCCCc1ccccc1. The maximum atomic E-state index is 10.2. The molecule has 0 unspecified atom stereocenters. The van der Waals surface area contributed by atoms with Crippen molar-refractivity contribution in [2.24, 2.45) is 0 Å². The molecular weight excluding hydrogens is 248 g/mol. The van der Waals surface area contributed by atoms with Crippen LogP contribution in [0.25, 0.3) is 0 Å². The molecule has 0 aromatic heterocycles. The third kappa shape index (κ3) is 6.84. The van der Waals surface area contributed by atoms with E-state index in [2.05, 4.69) is 15.8 Å². The molecule has 4 nitrogen and oxygen atoms in total. The average molecular weight is 262 g/mol. The number of hydrogen-bond acceptors (Lipinski definition) is 4. The summed E-state index contributed by atoms with van der Waals surface area (Å²) in [5.41, 5.74) is 1.27. The van der Waals surface area contributed by atoms with Gasteiger partial charge in [-0.25, -0.2) is 0 Å². The first-order valence-corrected chi connectivity index (χ1v) is 7.18. The summed E-state index contributed by atoms with van der Waals surface area (Å²) in [5, 5.41) is 0. The van der Waals surface area contributed by atoms with Crippen LogP contribution in [-0.2, 0) is 20.4 Å². The molecule has 1 aromatic carbocycles. The highest BCUT2D eigenvalue weighted by Crippen LogP contribution is 2.11. The Morgan fingerprint density at radius 2 is 1.88 bits per heavy atom. The lowest BCUT2D eigenvalue weighted by Gasteiger charge is -2.00. The number of hydrogen-bond donors (Lipinski definition) is 1. The van der Waals surface area contributed by atoms with Crippen LogP contribution in [-0.4, -0.2) is 18.7 Å². The molecule has 16 heavy (non-hydrogen) atoms. The van der Waals surface area contributed by atoms with Crippen molar-refractivity contribution < 1.29 is 16.6 Å².